The molecule has 0 aromatic carbocycles. The first-order chi connectivity index (χ1) is 10.1. The topological polar surface area (TPSA) is 56.3 Å². The van der Waals surface area contributed by atoms with E-state index in [9.17, 15) is 0 Å². The fraction of sp³-hybridized carbons (Fsp3) is 0.733. The summed E-state index contributed by atoms with van der Waals surface area (Å²) in [7, 11) is 0. The van der Waals surface area contributed by atoms with Gasteiger partial charge in [-0.25, -0.2) is 4.98 Å². The Balaban J connectivity index is 1.69. The van der Waals surface area contributed by atoms with Gasteiger partial charge in [-0.05, 0) is 54.5 Å². The molecule has 5 nitrogen and oxygen atoms in total. The van der Waals surface area contributed by atoms with Gasteiger partial charge in [-0.3, -0.25) is 0 Å². The summed E-state index contributed by atoms with van der Waals surface area (Å²) < 4.78 is 11.8. The summed E-state index contributed by atoms with van der Waals surface area (Å²) in [6, 6.07) is 0.474. The van der Waals surface area contributed by atoms with Crippen molar-refractivity contribution in [1.82, 2.24) is 9.97 Å². The van der Waals surface area contributed by atoms with Crippen LogP contribution in [0.4, 0.5) is 5.95 Å². The maximum absolute atomic E-state index is 5.85. The van der Waals surface area contributed by atoms with Crippen molar-refractivity contribution in [3.05, 3.63) is 10.2 Å². The van der Waals surface area contributed by atoms with E-state index in [0.717, 1.165) is 16.1 Å². The molecule has 116 valence electrons. The van der Waals surface area contributed by atoms with Crippen LogP contribution in [-0.2, 0) is 4.74 Å². The molecule has 3 rings (SSSR count). The van der Waals surface area contributed by atoms with Gasteiger partial charge in [0.05, 0.1) is 18.9 Å². The first-order valence-corrected chi connectivity index (χ1v) is 8.46. The van der Waals surface area contributed by atoms with Crippen molar-refractivity contribution in [2.75, 3.05) is 18.5 Å². The molecule has 1 saturated carbocycles. The van der Waals surface area contributed by atoms with Gasteiger partial charge in [-0.1, -0.05) is 6.92 Å². The molecule has 0 radical (unpaired) electrons. The highest BCUT2D eigenvalue weighted by Crippen LogP contribution is 2.30. The fourth-order valence-electron chi connectivity index (χ4n) is 2.70. The number of rotatable bonds is 4. The van der Waals surface area contributed by atoms with Gasteiger partial charge >= 0.3 is 0 Å². The molecule has 21 heavy (non-hydrogen) atoms. The van der Waals surface area contributed by atoms with Gasteiger partial charge < -0.3 is 14.8 Å². The molecule has 0 amide bonds. The Kier molecular flexibility index (Phi) is 4.64. The van der Waals surface area contributed by atoms with Crippen LogP contribution in [0.15, 0.2) is 4.47 Å². The van der Waals surface area contributed by atoms with Gasteiger partial charge in [0.1, 0.15) is 10.6 Å². The molecule has 0 bridgehead atoms. The highest BCUT2D eigenvalue weighted by molar-refractivity contribution is 9.10. The van der Waals surface area contributed by atoms with E-state index in [1.54, 1.807) is 0 Å². The number of aromatic nitrogens is 2. The van der Waals surface area contributed by atoms with Crippen molar-refractivity contribution in [3.8, 4) is 5.88 Å². The number of nitrogens with zero attached hydrogens (tertiary/aromatic N) is 2. The number of nitrogens with one attached hydrogen (secondary N) is 1. The summed E-state index contributed by atoms with van der Waals surface area (Å²) in [5, 5.41) is 3.46. The molecule has 1 aliphatic carbocycles. The second kappa shape index (κ2) is 6.48. The number of hydrogen-bond donors (Lipinski definition) is 1. The van der Waals surface area contributed by atoms with Gasteiger partial charge in [-0.15, -0.1) is 0 Å². The number of anilines is 1. The smallest absolute Gasteiger partial charge is 0.233 e. The first-order valence-electron chi connectivity index (χ1n) is 7.67. The molecule has 1 aromatic heterocycles. The minimum atomic E-state index is 0.110. The van der Waals surface area contributed by atoms with Crippen LogP contribution < -0.4 is 10.1 Å². The molecule has 2 aliphatic rings. The monoisotopic (exact) mass is 355 g/mol. The Bertz CT molecular complexity index is 500. The Labute approximate surface area is 134 Å². The molecule has 0 unspecified atom stereocenters. The van der Waals surface area contributed by atoms with E-state index in [4.69, 9.17) is 9.47 Å². The van der Waals surface area contributed by atoms with Crippen LogP contribution in [0.1, 0.15) is 38.3 Å². The highest BCUT2D eigenvalue weighted by atomic mass is 79.9. The van der Waals surface area contributed by atoms with Crippen molar-refractivity contribution in [2.24, 2.45) is 5.92 Å². The fourth-order valence-corrected chi connectivity index (χ4v) is 2.97. The largest absolute Gasteiger partial charge is 0.468 e. The zero-order valence-corrected chi connectivity index (χ0v) is 14.1. The zero-order chi connectivity index (χ0) is 14.8. The maximum Gasteiger partial charge on any atom is 0.233 e. The standard InChI is InChI=1S/C15H22BrN3O2/c1-9-3-5-11(6-4-9)18-15-17-10(2)13(16)14(19-15)21-12-7-20-8-12/h9,11-12H,3-8H2,1-2H3,(H,17,18,19). The molecular weight excluding hydrogens is 334 g/mol. The van der Waals surface area contributed by atoms with Crippen molar-refractivity contribution in [1.29, 1.82) is 0 Å². The van der Waals surface area contributed by atoms with E-state index in [1.165, 1.54) is 25.7 Å². The van der Waals surface area contributed by atoms with Crippen molar-refractivity contribution < 1.29 is 9.47 Å². The van der Waals surface area contributed by atoms with Gasteiger partial charge in [0.15, 0.2) is 0 Å². The van der Waals surface area contributed by atoms with E-state index in [0.29, 0.717) is 31.1 Å². The van der Waals surface area contributed by atoms with Crippen LogP contribution in [0, 0.1) is 12.8 Å². The number of aryl methyl sites for hydroxylation is 1. The minimum absolute atomic E-state index is 0.110. The molecule has 1 saturated heterocycles. The van der Waals surface area contributed by atoms with Crippen LogP contribution in [0.2, 0.25) is 0 Å². The average Bonchev–Trinajstić information content (AvgIpc) is 2.41. The zero-order valence-electron chi connectivity index (χ0n) is 12.6. The van der Waals surface area contributed by atoms with E-state index < -0.39 is 0 Å². The van der Waals surface area contributed by atoms with E-state index in [1.807, 2.05) is 6.92 Å². The summed E-state index contributed by atoms with van der Waals surface area (Å²) in [6.45, 7) is 5.56. The van der Waals surface area contributed by atoms with E-state index in [2.05, 4.69) is 38.1 Å². The number of halogens is 1. The van der Waals surface area contributed by atoms with Crippen LogP contribution in [0.25, 0.3) is 0 Å². The molecule has 2 heterocycles. The lowest BCUT2D eigenvalue weighted by Gasteiger charge is -2.28. The predicted molar refractivity (Wildman–Crippen MR) is 84.7 cm³/mol. The average molecular weight is 356 g/mol. The summed E-state index contributed by atoms with van der Waals surface area (Å²) >= 11 is 3.51. The summed E-state index contributed by atoms with van der Waals surface area (Å²) in [6.07, 6.45) is 5.03. The molecule has 6 heteroatoms. The van der Waals surface area contributed by atoms with Crippen LogP contribution >= 0.6 is 15.9 Å². The number of ether oxygens (including phenoxy) is 2. The minimum Gasteiger partial charge on any atom is -0.468 e. The summed E-state index contributed by atoms with van der Waals surface area (Å²) in [5.74, 6) is 2.13. The van der Waals surface area contributed by atoms with Crippen molar-refractivity contribution in [2.45, 2.75) is 51.7 Å². The summed E-state index contributed by atoms with van der Waals surface area (Å²) in [4.78, 5) is 9.04. The van der Waals surface area contributed by atoms with E-state index in [-0.39, 0.29) is 6.10 Å². The van der Waals surface area contributed by atoms with Crippen molar-refractivity contribution >= 4 is 21.9 Å². The SMILES string of the molecule is Cc1nc(NC2CCC(C)CC2)nc(OC2COC2)c1Br. The van der Waals surface area contributed by atoms with Gasteiger partial charge in [-0.2, -0.15) is 4.98 Å². The van der Waals surface area contributed by atoms with Crippen molar-refractivity contribution in [3.63, 3.8) is 0 Å². The number of hydrogen-bond acceptors (Lipinski definition) is 5. The molecular formula is C15H22BrN3O2. The van der Waals surface area contributed by atoms with Crippen LogP contribution in [-0.4, -0.2) is 35.3 Å². The lowest BCUT2D eigenvalue weighted by molar-refractivity contribution is -0.0816. The van der Waals surface area contributed by atoms with Gasteiger partial charge in [0.25, 0.3) is 0 Å². The third-order valence-electron chi connectivity index (χ3n) is 4.22. The predicted octanol–water partition coefficient (Wildman–Crippen LogP) is 3.32. The lowest BCUT2D eigenvalue weighted by Crippen LogP contribution is -2.39. The molecule has 1 aliphatic heterocycles. The second-order valence-corrected chi connectivity index (χ2v) is 6.92. The van der Waals surface area contributed by atoms with Gasteiger partial charge in [0, 0.05) is 6.04 Å². The molecule has 0 atom stereocenters. The third-order valence-corrected chi connectivity index (χ3v) is 5.13. The van der Waals surface area contributed by atoms with Crippen LogP contribution in [0.5, 0.6) is 5.88 Å². The summed E-state index contributed by atoms with van der Waals surface area (Å²) in [5.41, 5.74) is 0.895. The van der Waals surface area contributed by atoms with Crippen LogP contribution in [0.3, 0.4) is 0 Å². The Morgan fingerprint density at radius 3 is 2.52 bits per heavy atom. The Morgan fingerprint density at radius 2 is 1.90 bits per heavy atom. The Morgan fingerprint density at radius 1 is 1.19 bits per heavy atom. The normalized spacial score (nSPS) is 26.2. The maximum atomic E-state index is 5.85. The quantitative estimate of drug-likeness (QED) is 0.897. The van der Waals surface area contributed by atoms with E-state index >= 15 is 0 Å². The highest BCUT2D eigenvalue weighted by Gasteiger charge is 2.24. The molecule has 1 N–H and O–H groups in total. The Hall–Kier alpha value is -0.880. The van der Waals surface area contributed by atoms with Gasteiger partial charge in [0.2, 0.25) is 11.8 Å². The third kappa shape index (κ3) is 3.66. The first kappa shape index (κ1) is 15.0. The molecule has 0 spiro atoms. The second-order valence-electron chi connectivity index (χ2n) is 6.13. The lowest BCUT2D eigenvalue weighted by atomic mass is 9.87. The molecule has 2 fully saturated rings. The molecule has 1 aromatic rings.